The molecule has 0 heterocycles. The molecule has 0 aromatic rings. The first-order chi connectivity index (χ1) is 23.9. The molecular weight excluding hydrogens is 612 g/mol. The number of carbonyl (C=O) groups is 3. The molecule has 0 aliphatic rings. The van der Waals surface area contributed by atoms with E-state index in [1.807, 2.05) is 0 Å². The van der Waals surface area contributed by atoms with Gasteiger partial charge in [-0.1, -0.05) is 195 Å². The molecule has 0 amide bonds. The number of unbranched alkanes of at least 4 members (excludes halogenated alkanes) is 24. The Kier molecular flexibility index (Phi) is 36.4. The van der Waals surface area contributed by atoms with Gasteiger partial charge in [0.25, 0.3) is 0 Å². The van der Waals surface area contributed by atoms with Crippen molar-refractivity contribution in [2.24, 2.45) is 5.92 Å². The number of ether oxygens (including phenoxy) is 3. The Hall–Kier alpha value is -1.59. The minimum absolute atomic E-state index is 0.0652. The Morgan fingerprint density at radius 2 is 0.714 bits per heavy atom. The van der Waals surface area contributed by atoms with E-state index >= 15 is 0 Å². The van der Waals surface area contributed by atoms with Gasteiger partial charge >= 0.3 is 17.9 Å². The minimum Gasteiger partial charge on any atom is -0.462 e. The number of esters is 3. The van der Waals surface area contributed by atoms with Crippen LogP contribution in [0.3, 0.4) is 0 Å². The average Bonchev–Trinajstić information content (AvgIpc) is 3.10. The zero-order chi connectivity index (χ0) is 36.0. The van der Waals surface area contributed by atoms with E-state index in [0.717, 1.165) is 63.7 Å². The van der Waals surface area contributed by atoms with Crippen LogP contribution in [0.5, 0.6) is 0 Å². The van der Waals surface area contributed by atoms with Crippen LogP contribution in [0.1, 0.15) is 233 Å². The molecule has 0 aromatic carbocycles. The molecule has 0 N–H and O–H groups in total. The first-order valence-electron chi connectivity index (χ1n) is 21.4. The Morgan fingerprint density at radius 3 is 1.06 bits per heavy atom. The Morgan fingerprint density at radius 1 is 0.408 bits per heavy atom. The molecule has 1 unspecified atom stereocenters. The molecule has 0 spiro atoms. The summed E-state index contributed by atoms with van der Waals surface area (Å²) in [6.07, 6.45) is 35.1. The van der Waals surface area contributed by atoms with Crippen molar-refractivity contribution in [2.45, 2.75) is 239 Å². The fourth-order valence-corrected chi connectivity index (χ4v) is 6.24. The maximum Gasteiger partial charge on any atom is 0.306 e. The Balaban J connectivity index is 4.35. The van der Waals surface area contributed by atoms with Crippen LogP contribution in [-0.4, -0.2) is 37.2 Å². The highest BCUT2D eigenvalue weighted by atomic mass is 16.6. The van der Waals surface area contributed by atoms with Crippen molar-refractivity contribution in [3.63, 3.8) is 0 Å². The van der Waals surface area contributed by atoms with Crippen molar-refractivity contribution in [3.8, 4) is 0 Å². The van der Waals surface area contributed by atoms with Gasteiger partial charge in [0.1, 0.15) is 13.2 Å². The van der Waals surface area contributed by atoms with Crippen LogP contribution in [0.15, 0.2) is 0 Å². The van der Waals surface area contributed by atoms with Gasteiger partial charge in [-0.2, -0.15) is 0 Å². The van der Waals surface area contributed by atoms with Gasteiger partial charge < -0.3 is 14.2 Å². The first-order valence-corrected chi connectivity index (χ1v) is 21.4. The second kappa shape index (κ2) is 37.7. The van der Waals surface area contributed by atoms with Crippen molar-refractivity contribution in [3.05, 3.63) is 0 Å². The third-order valence-electron chi connectivity index (χ3n) is 9.90. The van der Waals surface area contributed by atoms with Crippen LogP contribution in [0.2, 0.25) is 0 Å². The Labute approximate surface area is 304 Å². The van der Waals surface area contributed by atoms with Crippen LogP contribution in [0, 0.1) is 5.92 Å². The third kappa shape index (κ3) is 36.0. The molecule has 49 heavy (non-hydrogen) atoms. The second-order valence-corrected chi connectivity index (χ2v) is 14.9. The molecular formula is C43H82O6. The molecule has 0 fully saturated rings. The lowest BCUT2D eigenvalue weighted by molar-refractivity contribution is -0.167. The average molecular weight is 695 g/mol. The highest BCUT2D eigenvalue weighted by Crippen LogP contribution is 2.16. The predicted molar refractivity (Wildman–Crippen MR) is 206 cm³/mol. The van der Waals surface area contributed by atoms with Crippen LogP contribution < -0.4 is 0 Å². The summed E-state index contributed by atoms with van der Waals surface area (Å²) in [6.45, 7) is 8.93. The fourth-order valence-electron chi connectivity index (χ4n) is 6.24. The summed E-state index contributed by atoms with van der Waals surface area (Å²) in [5.74, 6) is -0.0531. The lowest BCUT2D eigenvalue weighted by Crippen LogP contribution is -2.30. The van der Waals surface area contributed by atoms with Crippen molar-refractivity contribution >= 4 is 17.9 Å². The SMILES string of the molecule is CCCCCCCCCCCCCC(=O)OC[C@@H](COC(=O)CCCCCCCCCCCC)OC(=O)CCCCCCCCC(C)CC. The van der Waals surface area contributed by atoms with Crippen LogP contribution in [0.4, 0.5) is 0 Å². The fraction of sp³-hybridized carbons (Fsp3) is 0.930. The molecule has 6 heteroatoms. The quantitative estimate of drug-likeness (QED) is 0.0364. The maximum absolute atomic E-state index is 12.6. The number of rotatable bonds is 38. The van der Waals surface area contributed by atoms with Crippen molar-refractivity contribution in [2.75, 3.05) is 13.2 Å². The van der Waals surface area contributed by atoms with Gasteiger partial charge in [-0.15, -0.1) is 0 Å². The van der Waals surface area contributed by atoms with Crippen molar-refractivity contribution in [1.82, 2.24) is 0 Å². The van der Waals surface area contributed by atoms with E-state index in [-0.39, 0.29) is 31.1 Å². The van der Waals surface area contributed by atoms with E-state index < -0.39 is 6.10 Å². The van der Waals surface area contributed by atoms with Gasteiger partial charge in [-0.05, 0) is 25.2 Å². The van der Waals surface area contributed by atoms with E-state index in [1.54, 1.807) is 0 Å². The topological polar surface area (TPSA) is 78.9 Å². The van der Waals surface area contributed by atoms with Crippen molar-refractivity contribution < 1.29 is 28.6 Å². The molecule has 0 aliphatic heterocycles. The van der Waals surface area contributed by atoms with E-state index in [2.05, 4.69) is 27.7 Å². The summed E-state index contributed by atoms with van der Waals surface area (Å²) in [7, 11) is 0. The van der Waals surface area contributed by atoms with Gasteiger partial charge in [0.2, 0.25) is 0 Å². The molecule has 0 saturated heterocycles. The minimum atomic E-state index is -0.758. The molecule has 0 aromatic heterocycles. The number of hydrogen-bond acceptors (Lipinski definition) is 6. The first kappa shape index (κ1) is 47.4. The normalized spacial score (nSPS) is 12.5. The van der Waals surface area contributed by atoms with Gasteiger partial charge in [-0.3, -0.25) is 14.4 Å². The molecule has 0 radical (unpaired) electrons. The van der Waals surface area contributed by atoms with E-state index in [9.17, 15) is 14.4 Å². The molecule has 0 bridgehead atoms. The highest BCUT2D eigenvalue weighted by molar-refractivity contribution is 5.71. The molecule has 2 atom stereocenters. The maximum atomic E-state index is 12.6. The predicted octanol–water partition coefficient (Wildman–Crippen LogP) is 13.2. The van der Waals surface area contributed by atoms with Gasteiger partial charge in [-0.25, -0.2) is 0 Å². The largest absolute Gasteiger partial charge is 0.462 e. The van der Waals surface area contributed by atoms with Crippen LogP contribution >= 0.6 is 0 Å². The Bertz CT molecular complexity index is 738. The number of hydrogen-bond donors (Lipinski definition) is 0. The van der Waals surface area contributed by atoms with Gasteiger partial charge in [0, 0.05) is 19.3 Å². The summed E-state index contributed by atoms with van der Waals surface area (Å²) in [5, 5.41) is 0. The summed E-state index contributed by atoms with van der Waals surface area (Å²) in [5.41, 5.74) is 0. The number of carbonyl (C=O) groups excluding carboxylic acids is 3. The second-order valence-electron chi connectivity index (χ2n) is 14.9. The standard InChI is InChI=1S/C43H82O6/c1-5-8-10-12-14-16-18-20-22-27-31-35-42(45)48-38-40(49-43(46)36-32-28-24-23-25-29-33-39(4)7-3)37-47-41(44)34-30-26-21-19-17-15-13-11-9-6-2/h39-40H,5-38H2,1-4H3/t39?,40-/m1/s1. The van der Waals surface area contributed by atoms with Gasteiger partial charge in [0.05, 0.1) is 0 Å². The van der Waals surface area contributed by atoms with E-state index in [1.165, 1.54) is 128 Å². The van der Waals surface area contributed by atoms with Crippen molar-refractivity contribution in [1.29, 1.82) is 0 Å². The lowest BCUT2D eigenvalue weighted by atomic mass is 10.00. The zero-order valence-corrected chi connectivity index (χ0v) is 33.1. The highest BCUT2D eigenvalue weighted by Gasteiger charge is 2.19. The summed E-state index contributed by atoms with van der Waals surface area (Å²) >= 11 is 0. The summed E-state index contributed by atoms with van der Waals surface area (Å²) < 4.78 is 16.6. The zero-order valence-electron chi connectivity index (χ0n) is 33.1. The molecule has 0 saturated carbocycles. The summed E-state index contributed by atoms with van der Waals surface area (Å²) in [6, 6.07) is 0. The smallest absolute Gasteiger partial charge is 0.306 e. The molecule has 0 rings (SSSR count). The van der Waals surface area contributed by atoms with Gasteiger partial charge in [0.15, 0.2) is 6.10 Å². The van der Waals surface area contributed by atoms with E-state index in [4.69, 9.17) is 14.2 Å². The van der Waals surface area contributed by atoms with Crippen LogP contribution in [-0.2, 0) is 28.6 Å². The lowest BCUT2D eigenvalue weighted by Gasteiger charge is -2.18. The molecule has 6 nitrogen and oxygen atoms in total. The summed E-state index contributed by atoms with van der Waals surface area (Å²) in [4.78, 5) is 37.5. The molecule has 0 aliphatic carbocycles. The van der Waals surface area contributed by atoms with E-state index in [0.29, 0.717) is 19.3 Å². The third-order valence-corrected chi connectivity index (χ3v) is 9.90. The molecule has 290 valence electrons. The van der Waals surface area contributed by atoms with Crippen LogP contribution in [0.25, 0.3) is 0 Å². The monoisotopic (exact) mass is 695 g/mol.